The molecule has 1 aromatic carbocycles. The van der Waals surface area contributed by atoms with Crippen LogP contribution in [0.2, 0.25) is 0 Å². The number of rotatable bonds is 8. The van der Waals surface area contributed by atoms with Crippen molar-refractivity contribution in [1.29, 1.82) is 0 Å². The van der Waals surface area contributed by atoms with Crippen molar-refractivity contribution in [3.05, 3.63) is 36.2 Å². The molecule has 0 spiro atoms. The molecule has 0 aliphatic rings. The monoisotopic (exact) mass is 308 g/mol. The fourth-order valence-corrected chi connectivity index (χ4v) is 2.92. The summed E-state index contributed by atoms with van der Waals surface area (Å²) in [5, 5.41) is 4.13. The maximum atomic E-state index is 5.47. The second-order valence-electron chi connectivity index (χ2n) is 4.33. The number of hydrogen-bond donors (Lipinski definition) is 1. The number of thioether (sulfide) groups is 1. The normalized spacial score (nSPS) is 12.1. The largest absolute Gasteiger partial charge is 0.497 e. The average Bonchev–Trinajstić information content (AvgIpc) is 3.04. The smallest absolute Gasteiger partial charge is 0.255 e. The van der Waals surface area contributed by atoms with Crippen LogP contribution in [0.1, 0.15) is 18.5 Å². The second kappa shape index (κ2) is 7.95. The van der Waals surface area contributed by atoms with Crippen LogP contribution in [-0.2, 0) is 0 Å². The Balaban J connectivity index is 2.19. The van der Waals surface area contributed by atoms with E-state index in [1.54, 1.807) is 38.4 Å². The van der Waals surface area contributed by atoms with Gasteiger partial charge in [-0.15, -0.1) is 0 Å². The summed E-state index contributed by atoms with van der Waals surface area (Å²) in [5.74, 6) is 2.45. The van der Waals surface area contributed by atoms with E-state index in [0.717, 1.165) is 29.4 Å². The number of nitrogens with one attached hydrogen (secondary N) is 1. The minimum atomic E-state index is 0.122. The molecule has 0 fully saturated rings. The Bertz CT molecular complexity index is 546. The number of aromatic nitrogens is 1. The van der Waals surface area contributed by atoms with E-state index in [4.69, 9.17) is 13.9 Å². The van der Waals surface area contributed by atoms with Crippen molar-refractivity contribution in [2.75, 3.05) is 26.5 Å². The van der Waals surface area contributed by atoms with Crippen LogP contribution in [0.25, 0.3) is 0 Å². The lowest BCUT2D eigenvalue weighted by atomic mass is 10.1. The van der Waals surface area contributed by atoms with Crippen LogP contribution >= 0.6 is 11.8 Å². The molecule has 0 amide bonds. The van der Waals surface area contributed by atoms with E-state index in [1.165, 1.54) is 0 Å². The molecule has 1 atom stereocenters. The van der Waals surface area contributed by atoms with E-state index in [2.05, 4.69) is 17.2 Å². The molecule has 6 heteroatoms. The van der Waals surface area contributed by atoms with Gasteiger partial charge < -0.3 is 19.2 Å². The molecule has 0 aliphatic heterocycles. The lowest BCUT2D eigenvalue weighted by Gasteiger charge is -2.20. The summed E-state index contributed by atoms with van der Waals surface area (Å²) in [6.07, 6.45) is 3.23. The molecular formula is C15H20N2O3S. The van der Waals surface area contributed by atoms with Crippen molar-refractivity contribution in [2.24, 2.45) is 0 Å². The predicted octanol–water partition coefficient (Wildman–Crippen LogP) is 3.13. The minimum absolute atomic E-state index is 0.122. The average molecular weight is 308 g/mol. The summed E-state index contributed by atoms with van der Waals surface area (Å²) in [5.41, 5.74) is 1.07. The van der Waals surface area contributed by atoms with Crippen molar-refractivity contribution < 1.29 is 13.9 Å². The van der Waals surface area contributed by atoms with Crippen LogP contribution in [-0.4, -0.2) is 31.5 Å². The fraction of sp³-hybridized carbons (Fsp3) is 0.400. The first-order valence-electron chi connectivity index (χ1n) is 6.76. The molecule has 0 aliphatic carbocycles. The van der Waals surface area contributed by atoms with Crippen molar-refractivity contribution in [3.63, 3.8) is 0 Å². The van der Waals surface area contributed by atoms with E-state index in [-0.39, 0.29) is 6.04 Å². The molecule has 1 unspecified atom stereocenters. The van der Waals surface area contributed by atoms with Gasteiger partial charge >= 0.3 is 0 Å². The van der Waals surface area contributed by atoms with Crippen LogP contribution in [0, 0.1) is 0 Å². The van der Waals surface area contributed by atoms with Gasteiger partial charge in [0.1, 0.15) is 17.8 Å². The predicted molar refractivity (Wildman–Crippen MR) is 83.2 cm³/mol. The number of hydrogen-bond acceptors (Lipinski definition) is 6. The van der Waals surface area contributed by atoms with Gasteiger partial charge in [0.2, 0.25) is 0 Å². The van der Waals surface area contributed by atoms with Gasteiger partial charge in [0.05, 0.1) is 20.4 Å². The topological polar surface area (TPSA) is 56.5 Å². The van der Waals surface area contributed by atoms with E-state index >= 15 is 0 Å². The zero-order chi connectivity index (χ0) is 15.1. The highest BCUT2D eigenvalue weighted by Gasteiger charge is 2.17. The molecule has 0 saturated heterocycles. The first kappa shape index (κ1) is 15.7. The summed E-state index contributed by atoms with van der Waals surface area (Å²) in [6.45, 7) is 2.94. The molecule has 1 heterocycles. The number of nitrogens with zero attached hydrogens (tertiary/aromatic N) is 1. The molecule has 2 aromatic rings. The molecule has 21 heavy (non-hydrogen) atoms. The highest BCUT2D eigenvalue weighted by atomic mass is 32.2. The number of ether oxygens (including phenoxy) is 2. The Morgan fingerprint density at radius 2 is 2.19 bits per heavy atom. The molecule has 1 aromatic heterocycles. The third kappa shape index (κ3) is 4.15. The van der Waals surface area contributed by atoms with E-state index < -0.39 is 0 Å². The zero-order valence-corrected chi connectivity index (χ0v) is 13.3. The third-order valence-corrected chi connectivity index (χ3v) is 3.99. The van der Waals surface area contributed by atoms with Gasteiger partial charge in [-0.2, -0.15) is 0 Å². The molecule has 1 N–H and O–H groups in total. The standard InChI is InChI=1S/C15H20N2O3S/c1-4-16-13(10-21-15-17-7-8-20-15)12-9-11(18-2)5-6-14(12)19-3/h5-9,13,16H,4,10H2,1-3H3. The van der Waals surface area contributed by atoms with Gasteiger partial charge in [-0.3, -0.25) is 0 Å². The first-order valence-corrected chi connectivity index (χ1v) is 7.74. The molecule has 5 nitrogen and oxygen atoms in total. The highest BCUT2D eigenvalue weighted by molar-refractivity contribution is 7.99. The van der Waals surface area contributed by atoms with Crippen molar-refractivity contribution >= 4 is 11.8 Å². The molecule has 2 rings (SSSR count). The Hall–Kier alpha value is -1.66. The third-order valence-electron chi connectivity index (χ3n) is 3.05. The Morgan fingerprint density at radius 3 is 2.81 bits per heavy atom. The maximum Gasteiger partial charge on any atom is 0.255 e. The lowest BCUT2D eigenvalue weighted by molar-refractivity contribution is 0.392. The van der Waals surface area contributed by atoms with Gasteiger partial charge in [-0.1, -0.05) is 18.7 Å². The zero-order valence-electron chi connectivity index (χ0n) is 12.5. The van der Waals surface area contributed by atoms with Crippen LogP contribution in [0.3, 0.4) is 0 Å². The van der Waals surface area contributed by atoms with Crippen LogP contribution < -0.4 is 14.8 Å². The van der Waals surface area contributed by atoms with Gasteiger partial charge in [0.25, 0.3) is 5.22 Å². The highest BCUT2D eigenvalue weighted by Crippen LogP contribution is 2.32. The first-order chi connectivity index (χ1) is 10.3. The Morgan fingerprint density at radius 1 is 1.33 bits per heavy atom. The quantitative estimate of drug-likeness (QED) is 0.756. The lowest BCUT2D eigenvalue weighted by Crippen LogP contribution is -2.23. The number of oxazole rings is 1. The van der Waals surface area contributed by atoms with Crippen LogP contribution in [0.15, 0.2) is 40.3 Å². The van der Waals surface area contributed by atoms with E-state index in [1.807, 2.05) is 18.2 Å². The molecule has 0 saturated carbocycles. The Kier molecular flexibility index (Phi) is 5.95. The molecule has 0 radical (unpaired) electrons. The summed E-state index contributed by atoms with van der Waals surface area (Å²) in [6, 6.07) is 5.94. The minimum Gasteiger partial charge on any atom is -0.497 e. The van der Waals surface area contributed by atoms with Gasteiger partial charge in [0, 0.05) is 17.4 Å². The maximum absolute atomic E-state index is 5.47. The summed E-state index contributed by atoms with van der Waals surface area (Å²) < 4.78 is 16.0. The SMILES string of the molecule is CCNC(CSc1ncco1)c1cc(OC)ccc1OC. The molecular weight excluding hydrogens is 288 g/mol. The summed E-state index contributed by atoms with van der Waals surface area (Å²) >= 11 is 1.57. The van der Waals surface area contributed by atoms with Crippen LogP contribution in [0.4, 0.5) is 0 Å². The number of benzene rings is 1. The summed E-state index contributed by atoms with van der Waals surface area (Å²) in [7, 11) is 3.34. The molecule has 114 valence electrons. The fourth-order valence-electron chi connectivity index (χ4n) is 2.05. The van der Waals surface area contributed by atoms with Crippen molar-refractivity contribution in [1.82, 2.24) is 10.3 Å². The van der Waals surface area contributed by atoms with Gasteiger partial charge in [0.15, 0.2) is 0 Å². The van der Waals surface area contributed by atoms with Crippen molar-refractivity contribution in [2.45, 2.75) is 18.2 Å². The Labute approximate surface area is 129 Å². The number of methoxy groups -OCH3 is 2. The summed E-state index contributed by atoms with van der Waals surface area (Å²) in [4.78, 5) is 4.13. The van der Waals surface area contributed by atoms with Crippen LogP contribution in [0.5, 0.6) is 11.5 Å². The van der Waals surface area contributed by atoms with E-state index in [0.29, 0.717) is 5.22 Å². The molecule has 0 bridgehead atoms. The van der Waals surface area contributed by atoms with Gasteiger partial charge in [-0.05, 0) is 24.7 Å². The second-order valence-corrected chi connectivity index (χ2v) is 5.30. The van der Waals surface area contributed by atoms with E-state index in [9.17, 15) is 0 Å². The van der Waals surface area contributed by atoms with Crippen molar-refractivity contribution in [3.8, 4) is 11.5 Å². The van der Waals surface area contributed by atoms with Gasteiger partial charge in [-0.25, -0.2) is 4.98 Å².